The predicted molar refractivity (Wildman–Crippen MR) is 91.5 cm³/mol. The molecule has 124 valence electrons. The molecule has 5 nitrogen and oxygen atoms in total. The molecule has 0 spiro atoms. The van der Waals surface area contributed by atoms with E-state index in [4.69, 9.17) is 0 Å². The zero-order valence-corrected chi connectivity index (χ0v) is 13.5. The van der Waals surface area contributed by atoms with E-state index in [1.54, 1.807) is 24.4 Å². The molecule has 1 aromatic heterocycles. The van der Waals surface area contributed by atoms with Crippen molar-refractivity contribution in [3.05, 3.63) is 66.0 Å². The van der Waals surface area contributed by atoms with Gasteiger partial charge in [-0.1, -0.05) is 36.4 Å². The molecule has 1 fully saturated rings. The Labute approximate surface area is 141 Å². The maximum Gasteiger partial charge on any atom is 0.270 e. The minimum absolute atomic E-state index is 0.000168. The highest BCUT2D eigenvalue weighted by Gasteiger charge is 2.27. The summed E-state index contributed by atoms with van der Waals surface area (Å²) >= 11 is 0. The van der Waals surface area contributed by atoms with E-state index < -0.39 is 0 Å². The molecule has 1 aliphatic rings. The lowest BCUT2D eigenvalue weighted by Gasteiger charge is -2.17. The fraction of sp³-hybridized carbons (Fsp3) is 0.316. The number of carbonyl (C=O) groups is 2. The van der Waals surface area contributed by atoms with Crippen molar-refractivity contribution < 1.29 is 9.59 Å². The van der Waals surface area contributed by atoms with Crippen LogP contribution in [0.3, 0.4) is 0 Å². The fourth-order valence-electron chi connectivity index (χ4n) is 2.92. The van der Waals surface area contributed by atoms with Gasteiger partial charge in [-0.2, -0.15) is 0 Å². The second kappa shape index (κ2) is 7.73. The first kappa shape index (κ1) is 16.2. The van der Waals surface area contributed by atoms with Crippen LogP contribution in [0.1, 0.15) is 28.9 Å². The Morgan fingerprint density at radius 1 is 1.12 bits per heavy atom. The van der Waals surface area contributed by atoms with Crippen molar-refractivity contribution in [1.82, 2.24) is 15.2 Å². The summed E-state index contributed by atoms with van der Waals surface area (Å²) in [5, 5.41) is 2.96. The molecule has 1 N–H and O–H groups in total. The van der Waals surface area contributed by atoms with Crippen LogP contribution in [0.2, 0.25) is 0 Å². The molecule has 0 radical (unpaired) electrons. The smallest absolute Gasteiger partial charge is 0.270 e. The van der Waals surface area contributed by atoms with Crippen LogP contribution >= 0.6 is 0 Å². The van der Waals surface area contributed by atoms with E-state index in [9.17, 15) is 9.59 Å². The van der Waals surface area contributed by atoms with Gasteiger partial charge >= 0.3 is 0 Å². The fourth-order valence-corrected chi connectivity index (χ4v) is 2.92. The van der Waals surface area contributed by atoms with Crippen molar-refractivity contribution in [2.45, 2.75) is 25.3 Å². The molecular weight excluding hydrogens is 302 g/mol. The molecule has 5 heteroatoms. The summed E-state index contributed by atoms with van der Waals surface area (Å²) in [4.78, 5) is 30.3. The summed E-state index contributed by atoms with van der Waals surface area (Å²) in [5.74, 6) is -0.0346. The van der Waals surface area contributed by atoms with E-state index >= 15 is 0 Å². The Kier molecular flexibility index (Phi) is 5.21. The second-order valence-corrected chi connectivity index (χ2v) is 6.00. The molecule has 1 aromatic carbocycles. The summed E-state index contributed by atoms with van der Waals surface area (Å²) in [6, 6.07) is 15.3. The maximum atomic E-state index is 12.3. The zero-order valence-electron chi connectivity index (χ0n) is 13.5. The number of aryl methyl sites for hydroxylation is 1. The second-order valence-electron chi connectivity index (χ2n) is 6.00. The average molecular weight is 323 g/mol. The summed E-state index contributed by atoms with van der Waals surface area (Å²) in [6.07, 6.45) is 3.64. The number of amides is 2. The molecule has 1 atom stereocenters. The Morgan fingerprint density at radius 3 is 2.67 bits per heavy atom. The third-order valence-electron chi connectivity index (χ3n) is 4.24. The van der Waals surface area contributed by atoms with E-state index in [0.29, 0.717) is 25.2 Å². The normalized spacial score (nSPS) is 16.8. The standard InChI is InChI=1S/C19H21N3O2/c23-18(10-9-15-6-2-1-3-7-15)22-13-11-16(14-22)21-19(24)17-8-4-5-12-20-17/h1-8,12,16H,9-11,13-14H2,(H,21,24)/t16-/m0/s1. The van der Waals surface area contributed by atoms with Crippen LogP contribution in [0.15, 0.2) is 54.7 Å². The van der Waals surface area contributed by atoms with E-state index in [2.05, 4.69) is 10.3 Å². The van der Waals surface area contributed by atoms with Crippen LogP contribution in [0, 0.1) is 0 Å². The number of rotatable bonds is 5. The molecule has 2 amide bonds. The topological polar surface area (TPSA) is 62.3 Å². The minimum atomic E-state index is -0.181. The molecule has 1 saturated heterocycles. The van der Waals surface area contributed by atoms with Gasteiger partial charge in [-0.25, -0.2) is 0 Å². The lowest BCUT2D eigenvalue weighted by molar-refractivity contribution is -0.130. The van der Waals surface area contributed by atoms with E-state index in [0.717, 1.165) is 12.8 Å². The van der Waals surface area contributed by atoms with Gasteiger partial charge in [0.05, 0.1) is 0 Å². The Balaban J connectivity index is 1.46. The SMILES string of the molecule is O=C(N[C@H]1CCN(C(=O)CCc2ccccc2)C1)c1ccccn1. The largest absolute Gasteiger partial charge is 0.346 e. The molecule has 0 aliphatic carbocycles. The lowest BCUT2D eigenvalue weighted by Crippen LogP contribution is -2.38. The quantitative estimate of drug-likeness (QED) is 0.916. The monoisotopic (exact) mass is 323 g/mol. The number of aromatic nitrogens is 1. The van der Waals surface area contributed by atoms with Crippen LogP contribution in [-0.4, -0.2) is 40.8 Å². The molecule has 0 saturated carbocycles. The number of likely N-dealkylation sites (tertiary alicyclic amines) is 1. The first-order valence-corrected chi connectivity index (χ1v) is 8.26. The highest BCUT2D eigenvalue weighted by Crippen LogP contribution is 2.13. The third kappa shape index (κ3) is 4.19. The Morgan fingerprint density at radius 2 is 1.92 bits per heavy atom. The van der Waals surface area contributed by atoms with Crippen LogP contribution in [0.5, 0.6) is 0 Å². The Bertz CT molecular complexity index is 688. The molecule has 0 bridgehead atoms. The average Bonchev–Trinajstić information content (AvgIpc) is 3.10. The van der Waals surface area contributed by atoms with Crippen LogP contribution in [0.4, 0.5) is 0 Å². The number of carbonyl (C=O) groups excluding carboxylic acids is 2. The van der Waals surface area contributed by atoms with Crippen LogP contribution in [-0.2, 0) is 11.2 Å². The van der Waals surface area contributed by atoms with Gasteiger partial charge < -0.3 is 10.2 Å². The van der Waals surface area contributed by atoms with Gasteiger partial charge in [-0.05, 0) is 30.5 Å². The Hall–Kier alpha value is -2.69. The van der Waals surface area contributed by atoms with Crippen molar-refractivity contribution >= 4 is 11.8 Å². The molecule has 1 aliphatic heterocycles. The number of nitrogens with one attached hydrogen (secondary N) is 1. The molecule has 2 aromatic rings. The molecule has 0 unspecified atom stereocenters. The van der Waals surface area contributed by atoms with Crippen molar-refractivity contribution in [3.8, 4) is 0 Å². The van der Waals surface area contributed by atoms with Gasteiger partial charge in [-0.3, -0.25) is 14.6 Å². The summed E-state index contributed by atoms with van der Waals surface area (Å²) in [7, 11) is 0. The first-order valence-electron chi connectivity index (χ1n) is 8.26. The lowest BCUT2D eigenvalue weighted by atomic mass is 10.1. The number of hydrogen-bond donors (Lipinski definition) is 1. The zero-order chi connectivity index (χ0) is 16.8. The maximum absolute atomic E-state index is 12.3. The van der Waals surface area contributed by atoms with Crippen molar-refractivity contribution in [2.75, 3.05) is 13.1 Å². The van der Waals surface area contributed by atoms with E-state index in [1.165, 1.54) is 5.56 Å². The number of pyridine rings is 1. The first-order chi connectivity index (χ1) is 11.7. The van der Waals surface area contributed by atoms with E-state index in [1.807, 2.05) is 35.2 Å². The van der Waals surface area contributed by atoms with Crippen molar-refractivity contribution in [1.29, 1.82) is 0 Å². The van der Waals surface area contributed by atoms with Crippen molar-refractivity contribution in [2.24, 2.45) is 0 Å². The molecular formula is C19H21N3O2. The highest BCUT2D eigenvalue weighted by atomic mass is 16.2. The highest BCUT2D eigenvalue weighted by molar-refractivity contribution is 5.92. The van der Waals surface area contributed by atoms with E-state index in [-0.39, 0.29) is 17.9 Å². The number of nitrogens with zero attached hydrogens (tertiary/aromatic N) is 2. The molecule has 24 heavy (non-hydrogen) atoms. The predicted octanol–water partition coefficient (Wildman–Crippen LogP) is 2.05. The molecule has 2 heterocycles. The summed E-state index contributed by atoms with van der Waals surface area (Å²) < 4.78 is 0. The van der Waals surface area contributed by atoms with Crippen LogP contribution in [0.25, 0.3) is 0 Å². The number of benzene rings is 1. The van der Waals surface area contributed by atoms with Gasteiger partial charge in [0.15, 0.2) is 0 Å². The molecule has 3 rings (SSSR count). The van der Waals surface area contributed by atoms with Gasteiger partial charge in [0.25, 0.3) is 5.91 Å². The van der Waals surface area contributed by atoms with Crippen LogP contribution < -0.4 is 5.32 Å². The van der Waals surface area contributed by atoms with Gasteiger partial charge in [0.2, 0.25) is 5.91 Å². The summed E-state index contributed by atoms with van der Waals surface area (Å²) in [5.41, 5.74) is 1.58. The number of hydrogen-bond acceptors (Lipinski definition) is 3. The summed E-state index contributed by atoms with van der Waals surface area (Å²) in [6.45, 7) is 1.27. The van der Waals surface area contributed by atoms with Gasteiger partial charge in [0.1, 0.15) is 5.69 Å². The third-order valence-corrected chi connectivity index (χ3v) is 4.24. The minimum Gasteiger partial charge on any atom is -0.346 e. The van der Waals surface area contributed by atoms with Crippen molar-refractivity contribution in [3.63, 3.8) is 0 Å². The van der Waals surface area contributed by atoms with Gasteiger partial charge in [-0.15, -0.1) is 0 Å². The van der Waals surface area contributed by atoms with Gasteiger partial charge in [0, 0.05) is 31.7 Å².